The zero-order valence-electron chi connectivity index (χ0n) is 10.7. The average Bonchev–Trinajstić information content (AvgIpc) is 2.47. The number of nitrogens with zero attached hydrogens (tertiary/aromatic N) is 2. The van der Waals surface area contributed by atoms with Gasteiger partial charge in [0.1, 0.15) is 11.7 Å². The largest absolute Gasteiger partial charge is 0.383 e. The summed E-state index contributed by atoms with van der Waals surface area (Å²) in [6.07, 6.45) is 3.26. The minimum atomic E-state index is 0.147. The van der Waals surface area contributed by atoms with Gasteiger partial charge in [0.05, 0.1) is 6.54 Å². The van der Waals surface area contributed by atoms with E-state index in [1.54, 1.807) is 36.7 Å². The number of amidine groups is 2. The Balaban J connectivity index is 1.94. The number of hydrogen-bond acceptors (Lipinski definition) is 3. The lowest BCUT2D eigenvalue weighted by atomic mass is 10.2. The average molecular weight is 288 g/mol. The van der Waals surface area contributed by atoms with Crippen molar-refractivity contribution in [1.82, 2.24) is 4.98 Å². The molecule has 0 spiro atoms. The molecule has 6 heteroatoms. The lowest BCUT2D eigenvalue weighted by Crippen LogP contribution is -2.19. The van der Waals surface area contributed by atoms with Gasteiger partial charge >= 0.3 is 0 Å². The minimum Gasteiger partial charge on any atom is -0.383 e. The van der Waals surface area contributed by atoms with Crippen molar-refractivity contribution in [3.8, 4) is 0 Å². The lowest BCUT2D eigenvalue weighted by molar-refractivity contribution is 1.28. The van der Waals surface area contributed by atoms with Crippen LogP contribution in [0.4, 0.5) is 5.69 Å². The third kappa shape index (κ3) is 4.07. The molecule has 2 rings (SSSR count). The van der Waals surface area contributed by atoms with Gasteiger partial charge in [-0.2, -0.15) is 0 Å². The second kappa shape index (κ2) is 6.68. The predicted octanol–water partition coefficient (Wildman–Crippen LogP) is 2.53. The number of aromatic nitrogens is 1. The molecule has 102 valence electrons. The normalized spacial score (nSPS) is 11.2. The molecule has 0 amide bonds. The number of aliphatic imine (C=N–C) groups is 1. The van der Waals surface area contributed by atoms with Crippen molar-refractivity contribution in [2.24, 2.45) is 10.7 Å². The summed E-state index contributed by atoms with van der Waals surface area (Å²) in [4.78, 5) is 7.94. The number of benzene rings is 1. The third-order valence-electron chi connectivity index (χ3n) is 2.54. The molecule has 2 aromatic rings. The van der Waals surface area contributed by atoms with Crippen LogP contribution in [-0.4, -0.2) is 23.2 Å². The summed E-state index contributed by atoms with van der Waals surface area (Å²) >= 11 is 5.80. The van der Waals surface area contributed by atoms with Crippen LogP contribution in [0.3, 0.4) is 0 Å². The van der Waals surface area contributed by atoms with E-state index in [0.717, 1.165) is 11.3 Å². The monoisotopic (exact) mass is 287 g/mol. The van der Waals surface area contributed by atoms with Gasteiger partial charge in [-0.15, -0.1) is 0 Å². The molecular weight excluding hydrogens is 274 g/mol. The molecule has 5 nitrogen and oxygen atoms in total. The van der Waals surface area contributed by atoms with Crippen LogP contribution in [0.2, 0.25) is 5.02 Å². The van der Waals surface area contributed by atoms with Gasteiger partial charge in [-0.25, -0.2) is 4.99 Å². The van der Waals surface area contributed by atoms with Crippen molar-refractivity contribution in [3.05, 3.63) is 59.4 Å². The lowest BCUT2D eigenvalue weighted by Gasteiger charge is -2.06. The fraction of sp³-hybridized carbons (Fsp3) is 0.0714. The molecule has 0 aliphatic rings. The maximum absolute atomic E-state index is 7.79. The zero-order chi connectivity index (χ0) is 14.4. The summed E-state index contributed by atoms with van der Waals surface area (Å²) in [5.74, 6) is 0.449. The van der Waals surface area contributed by atoms with E-state index in [0.29, 0.717) is 10.9 Å². The Morgan fingerprint density at radius 1 is 1.20 bits per heavy atom. The van der Waals surface area contributed by atoms with Gasteiger partial charge in [0, 0.05) is 28.7 Å². The van der Waals surface area contributed by atoms with E-state index in [1.165, 1.54) is 0 Å². The fourth-order valence-corrected chi connectivity index (χ4v) is 1.65. The van der Waals surface area contributed by atoms with Crippen LogP contribution in [0.5, 0.6) is 0 Å². The number of hydrogen-bond donors (Lipinski definition) is 3. The van der Waals surface area contributed by atoms with E-state index in [9.17, 15) is 0 Å². The second-order valence-corrected chi connectivity index (χ2v) is 4.48. The highest BCUT2D eigenvalue weighted by Gasteiger charge is 2.00. The Bertz CT molecular complexity index is 607. The topological polar surface area (TPSA) is 87.2 Å². The summed E-state index contributed by atoms with van der Waals surface area (Å²) in [5, 5.41) is 11.5. The molecule has 0 radical (unpaired) electrons. The molecule has 0 atom stereocenters. The Morgan fingerprint density at radius 3 is 2.50 bits per heavy atom. The maximum Gasteiger partial charge on any atom is 0.142 e. The smallest absolute Gasteiger partial charge is 0.142 e. The number of halogens is 1. The number of anilines is 1. The first-order valence-electron chi connectivity index (χ1n) is 5.96. The van der Waals surface area contributed by atoms with Gasteiger partial charge in [-0.3, -0.25) is 10.4 Å². The van der Waals surface area contributed by atoms with Crippen molar-refractivity contribution in [2.75, 3.05) is 11.9 Å². The van der Waals surface area contributed by atoms with Crippen molar-refractivity contribution < 1.29 is 0 Å². The summed E-state index contributed by atoms with van der Waals surface area (Å²) in [7, 11) is 0. The Labute approximate surface area is 122 Å². The fourth-order valence-electron chi connectivity index (χ4n) is 1.53. The van der Waals surface area contributed by atoms with Crippen LogP contribution in [0, 0.1) is 5.41 Å². The standard InChI is InChI=1S/C14H14ClN5/c15-11-1-3-12(4-2-11)19-9-13(16)20-14(17)10-5-7-18-8-6-10/h1-8,19H,9H2,(H3,16,17,20). The summed E-state index contributed by atoms with van der Waals surface area (Å²) in [5.41, 5.74) is 7.44. The van der Waals surface area contributed by atoms with Crippen LogP contribution in [0.15, 0.2) is 53.8 Å². The summed E-state index contributed by atoms with van der Waals surface area (Å²) < 4.78 is 0. The number of pyridine rings is 1. The molecule has 0 aliphatic carbocycles. The first kappa shape index (κ1) is 14.0. The molecule has 1 aromatic carbocycles. The van der Waals surface area contributed by atoms with Crippen LogP contribution in [0.25, 0.3) is 0 Å². The number of nitrogens with one attached hydrogen (secondary N) is 2. The molecule has 0 saturated heterocycles. The Morgan fingerprint density at radius 2 is 1.85 bits per heavy atom. The van der Waals surface area contributed by atoms with Crippen molar-refractivity contribution in [3.63, 3.8) is 0 Å². The van der Waals surface area contributed by atoms with Crippen LogP contribution in [-0.2, 0) is 0 Å². The SMILES string of the molecule is N=C(CNc1ccc(Cl)cc1)N=C(N)c1ccncc1. The predicted molar refractivity (Wildman–Crippen MR) is 82.6 cm³/mol. The van der Waals surface area contributed by atoms with E-state index in [2.05, 4.69) is 15.3 Å². The van der Waals surface area contributed by atoms with Gasteiger partial charge in [0.15, 0.2) is 0 Å². The van der Waals surface area contributed by atoms with E-state index in [4.69, 9.17) is 22.7 Å². The van der Waals surface area contributed by atoms with Gasteiger partial charge in [0.25, 0.3) is 0 Å². The molecule has 1 aromatic heterocycles. The van der Waals surface area contributed by atoms with Gasteiger partial charge < -0.3 is 11.1 Å². The first-order chi connectivity index (χ1) is 9.65. The van der Waals surface area contributed by atoms with E-state index in [-0.39, 0.29) is 12.4 Å². The molecule has 1 heterocycles. The quantitative estimate of drug-likeness (QED) is 0.596. The number of rotatable bonds is 4. The minimum absolute atomic E-state index is 0.147. The van der Waals surface area contributed by atoms with E-state index in [1.807, 2.05) is 12.1 Å². The first-order valence-corrected chi connectivity index (χ1v) is 6.34. The summed E-state index contributed by atoms with van der Waals surface area (Å²) in [6, 6.07) is 10.7. The highest BCUT2D eigenvalue weighted by atomic mass is 35.5. The van der Waals surface area contributed by atoms with Gasteiger partial charge in [-0.05, 0) is 36.4 Å². The molecule has 0 bridgehead atoms. The van der Waals surface area contributed by atoms with E-state index < -0.39 is 0 Å². The molecule has 20 heavy (non-hydrogen) atoms. The second-order valence-electron chi connectivity index (χ2n) is 4.04. The molecule has 0 unspecified atom stereocenters. The highest BCUT2D eigenvalue weighted by molar-refractivity contribution is 6.30. The molecule has 0 saturated carbocycles. The summed E-state index contributed by atoms with van der Waals surface area (Å²) in [6.45, 7) is 0.285. The number of nitrogens with two attached hydrogens (primary N) is 1. The van der Waals surface area contributed by atoms with Crippen molar-refractivity contribution in [1.29, 1.82) is 5.41 Å². The molecular formula is C14H14ClN5. The Kier molecular flexibility index (Phi) is 4.68. The maximum atomic E-state index is 7.79. The van der Waals surface area contributed by atoms with E-state index >= 15 is 0 Å². The van der Waals surface area contributed by atoms with Crippen LogP contribution >= 0.6 is 11.6 Å². The molecule has 0 fully saturated rings. The zero-order valence-corrected chi connectivity index (χ0v) is 11.4. The van der Waals surface area contributed by atoms with Crippen molar-refractivity contribution in [2.45, 2.75) is 0 Å². The van der Waals surface area contributed by atoms with Crippen LogP contribution in [0.1, 0.15) is 5.56 Å². The highest BCUT2D eigenvalue weighted by Crippen LogP contribution is 2.12. The molecule has 4 N–H and O–H groups in total. The Hall–Kier alpha value is -2.40. The van der Waals surface area contributed by atoms with Crippen molar-refractivity contribution >= 4 is 29.0 Å². The molecule has 0 aliphatic heterocycles. The van der Waals surface area contributed by atoms with Gasteiger partial charge in [0.2, 0.25) is 0 Å². The van der Waals surface area contributed by atoms with Gasteiger partial charge in [-0.1, -0.05) is 11.6 Å². The van der Waals surface area contributed by atoms with Crippen LogP contribution < -0.4 is 11.1 Å². The third-order valence-corrected chi connectivity index (χ3v) is 2.79.